The molecule has 0 radical (unpaired) electrons. The molecule has 0 aliphatic carbocycles. The van der Waals surface area contributed by atoms with E-state index in [4.69, 9.17) is 4.74 Å². The minimum atomic E-state index is -0.467. The number of ether oxygens (including phenoxy) is 1. The van der Waals surface area contributed by atoms with Crippen molar-refractivity contribution in [2.75, 3.05) is 6.61 Å². The van der Waals surface area contributed by atoms with Gasteiger partial charge in [0.2, 0.25) is 0 Å². The summed E-state index contributed by atoms with van der Waals surface area (Å²) in [4.78, 5) is 25.5. The molecule has 0 unspecified atom stereocenters. The largest absolute Gasteiger partial charge is 0.451 e. The number of fused-ring (bicyclic) bond motifs is 1. The van der Waals surface area contributed by atoms with Crippen LogP contribution in [0.15, 0.2) is 47.8 Å². The lowest BCUT2D eigenvalue weighted by molar-refractivity contribution is -0.124. The van der Waals surface area contributed by atoms with Crippen molar-refractivity contribution in [3.8, 4) is 0 Å². The molecule has 4 nitrogen and oxygen atoms in total. The number of hydrogen-bond donors (Lipinski definition) is 1. The van der Waals surface area contributed by atoms with E-state index in [9.17, 15) is 9.59 Å². The molecule has 0 saturated carbocycles. The third-order valence-electron chi connectivity index (χ3n) is 3.31. The van der Waals surface area contributed by atoms with Crippen molar-refractivity contribution in [2.45, 2.75) is 13.0 Å². The molecule has 0 bridgehead atoms. The zero-order valence-corrected chi connectivity index (χ0v) is 14.1. The van der Waals surface area contributed by atoms with E-state index >= 15 is 0 Å². The van der Waals surface area contributed by atoms with Gasteiger partial charge in [-0.25, -0.2) is 4.79 Å². The minimum absolute atomic E-state index is 0.0921. The lowest BCUT2D eigenvalue weighted by Crippen LogP contribution is -2.30. The molecule has 2 heterocycles. The van der Waals surface area contributed by atoms with Gasteiger partial charge in [0.05, 0.1) is 6.04 Å². The van der Waals surface area contributed by atoms with Crippen molar-refractivity contribution < 1.29 is 14.3 Å². The molecule has 118 valence electrons. The topological polar surface area (TPSA) is 55.4 Å². The Hall–Kier alpha value is -2.18. The smallest absolute Gasteiger partial charge is 0.348 e. The molecule has 23 heavy (non-hydrogen) atoms. The van der Waals surface area contributed by atoms with Gasteiger partial charge >= 0.3 is 5.97 Å². The van der Waals surface area contributed by atoms with Crippen LogP contribution in [0.4, 0.5) is 0 Å². The molecule has 0 saturated heterocycles. The maximum absolute atomic E-state index is 12.0. The van der Waals surface area contributed by atoms with Crippen molar-refractivity contribution in [2.24, 2.45) is 0 Å². The molecular formula is C17H15NO3S2. The van der Waals surface area contributed by atoms with Crippen LogP contribution in [0.3, 0.4) is 0 Å². The molecular weight excluding hydrogens is 330 g/mol. The highest BCUT2D eigenvalue weighted by molar-refractivity contribution is 7.20. The second kappa shape index (κ2) is 6.93. The fraction of sp³-hybridized carbons (Fsp3) is 0.176. The molecule has 0 spiro atoms. The van der Waals surface area contributed by atoms with Gasteiger partial charge in [-0.1, -0.05) is 24.3 Å². The fourth-order valence-electron chi connectivity index (χ4n) is 2.18. The fourth-order valence-corrected chi connectivity index (χ4v) is 3.87. The maximum Gasteiger partial charge on any atom is 0.348 e. The Bertz CT molecular complexity index is 790. The molecule has 0 fully saturated rings. The number of nitrogens with one attached hydrogen (secondary N) is 1. The van der Waals surface area contributed by atoms with Crippen LogP contribution in [0.25, 0.3) is 10.1 Å². The molecule has 1 amide bonds. The number of amides is 1. The van der Waals surface area contributed by atoms with Gasteiger partial charge in [-0.3, -0.25) is 4.79 Å². The minimum Gasteiger partial charge on any atom is -0.451 e. The first-order chi connectivity index (χ1) is 11.1. The predicted molar refractivity (Wildman–Crippen MR) is 93.0 cm³/mol. The Balaban J connectivity index is 1.55. The SMILES string of the molecule is C[C@@H](NC(=O)COC(=O)c1cc2ccccc2s1)c1cccs1. The third kappa shape index (κ3) is 3.78. The van der Waals surface area contributed by atoms with E-state index in [2.05, 4.69) is 5.32 Å². The van der Waals surface area contributed by atoms with Gasteiger partial charge in [0.25, 0.3) is 5.91 Å². The number of esters is 1. The lowest BCUT2D eigenvalue weighted by atomic mass is 10.2. The third-order valence-corrected chi connectivity index (χ3v) is 5.46. The zero-order valence-electron chi connectivity index (χ0n) is 12.4. The van der Waals surface area contributed by atoms with E-state index in [-0.39, 0.29) is 18.6 Å². The lowest BCUT2D eigenvalue weighted by Gasteiger charge is -2.12. The first-order valence-corrected chi connectivity index (χ1v) is 8.81. The van der Waals surface area contributed by atoms with Crippen molar-refractivity contribution >= 4 is 44.6 Å². The monoisotopic (exact) mass is 345 g/mol. The Morgan fingerprint density at radius 2 is 2.04 bits per heavy atom. The van der Waals surface area contributed by atoms with Crippen molar-refractivity contribution in [3.05, 3.63) is 57.6 Å². The predicted octanol–water partition coefficient (Wildman–Crippen LogP) is 4.00. The number of benzene rings is 1. The summed E-state index contributed by atoms with van der Waals surface area (Å²) < 4.78 is 6.12. The van der Waals surface area contributed by atoms with Crippen LogP contribution in [0.2, 0.25) is 0 Å². The molecule has 3 aromatic rings. The molecule has 1 atom stereocenters. The summed E-state index contributed by atoms with van der Waals surface area (Å²) >= 11 is 2.94. The second-order valence-corrected chi connectivity index (χ2v) is 7.09. The number of carbonyl (C=O) groups excluding carboxylic acids is 2. The van der Waals surface area contributed by atoms with E-state index in [1.807, 2.05) is 48.7 Å². The van der Waals surface area contributed by atoms with Crippen LogP contribution in [0.1, 0.15) is 27.5 Å². The summed E-state index contributed by atoms with van der Waals surface area (Å²) in [7, 11) is 0. The molecule has 1 aromatic carbocycles. The van der Waals surface area contributed by atoms with Gasteiger partial charge in [0, 0.05) is 9.58 Å². The van der Waals surface area contributed by atoms with Crippen LogP contribution in [-0.4, -0.2) is 18.5 Å². The average Bonchev–Trinajstić information content (AvgIpc) is 3.21. The summed E-state index contributed by atoms with van der Waals surface area (Å²) in [5, 5.41) is 5.77. The summed E-state index contributed by atoms with van der Waals surface area (Å²) in [6, 6.07) is 13.3. The highest BCUT2D eigenvalue weighted by Crippen LogP contribution is 2.25. The first kappa shape index (κ1) is 15.7. The number of carbonyl (C=O) groups is 2. The van der Waals surface area contributed by atoms with E-state index in [0.717, 1.165) is 15.0 Å². The van der Waals surface area contributed by atoms with Crippen LogP contribution >= 0.6 is 22.7 Å². The van der Waals surface area contributed by atoms with Crippen LogP contribution in [0.5, 0.6) is 0 Å². The molecule has 0 aliphatic heterocycles. The molecule has 0 aliphatic rings. The quantitative estimate of drug-likeness (QED) is 0.711. The van der Waals surface area contributed by atoms with E-state index < -0.39 is 5.97 Å². The molecule has 3 rings (SSSR count). The van der Waals surface area contributed by atoms with Gasteiger partial charge < -0.3 is 10.1 Å². The normalized spacial score (nSPS) is 12.0. The Morgan fingerprint density at radius 1 is 1.22 bits per heavy atom. The Labute approximate surface area is 141 Å². The van der Waals surface area contributed by atoms with Gasteiger partial charge in [-0.2, -0.15) is 0 Å². The second-order valence-electron chi connectivity index (χ2n) is 5.03. The Morgan fingerprint density at radius 3 is 2.78 bits per heavy atom. The number of thiophene rings is 2. The van der Waals surface area contributed by atoms with Crippen LogP contribution in [0, 0.1) is 0 Å². The van der Waals surface area contributed by atoms with Crippen molar-refractivity contribution in [3.63, 3.8) is 0 Å². The van der Waals surface area contributed by atoms with Crippen molar-refractivity contribution in [1.29, 1.82) is 0 Å². The van der Waals surface area contributed by atoms with E-state index in [1.165, 1.54) is 11.3 Å². The Kier molecular flexibility index (Phi) is 4.73. The zero-order chi connectivity index (χ0) is 16.2. The summed E-state index contributed by atoms with van der Waals surface area (Å²) in [5.74, 6) is -0.773. The summed E-state index contributed by atoms with van der Waals surface area (Å²) in [6.45, 7) is 1.63. The highest BCUT2D eigenvalue weighted by atomic mass is 32.1. The average molecular weight is 345 g/mol. The number of rotatable bonds is 5. The summed E-state index contributed by atoms with van der Waals surface area (Å²) in [5.41, 5.74) is 0. The maximum atomic E-state index is 12.0. The van der Waals surface area contributed by atoms with Crippen LogP contribution < -0.4 is 5.32 Å². The highest BCUT2D eigenvalue weighted by Gasteiger charge is 2.15. The molecule has 1 N–H and O–H groups in total. The van der Waals surface area contributed by atoms with Crippen molar-refractivity contribution in [1.82, 2.24) is 5.32 Å². The standard InChI is InChI=1S/C17H15NO3S2/c1-11(13-7-4-8-22-13)18-16(19)10-21-17(20)15-9-12-5-2-3-6-14(12)23-15/h2-9,11H,10H2,1H3,(H,18,19)/t11-/m1/s1. The molecule has 2 aromatic heterocycles. The van der Waals surface area contributed by atoms with Gasteiger partial charge in [-0.05, 0) is 35.9 Å². The van der Waals surface area contributed by atoms with Gasteiger partial charge in [0.1, 0.15) is 4.88 Å². The van der Waals surface area contributed by atoms with Gasteiger partial charge in [-0.15, -0.1) is 22.7 Å². The van der Waals surface area contributed by atoms with E-state index in [0.29, 0.717) is 4.88 Å². The first-order valence-electron chi connectivity index (χ1n) is 7.12. The van der Waals surface area contributed by atoms with Crippen LogP contribution in [-0.2, 0) is 9.53 Å². The molecule has 6 heteroatoms. The van der Waals surface area contributed by atoms with E-state index in [1.54, 1.807) is 17.4 Å². The van der Waals surface area contributed by atoms with Gasteiger partial charge in [0.15, 0.2) is 6.61 Å². The number of hydrogen-bond acceptors (Lipinski definition) is 5. The summed E-state index contributed by atoms with van der Waals surface area (Å²) in [6.07, 6.45) is 0.